The lowest BCUT2D eigenvalue weighted by molar-refractivity contribution is 1.27. The summed E-state index contributed by atoms with van der Waals surface area (Å²) in [5, 5.41) is 5.06. The summed E-state index contributed by atoms with van der Waals surface area (Å²) < 4.78 is 1.10. The number of halogens is 2. The Morgan fingerprint density at radius 1 is 1.38 bits per heavy atom. The van der Waals surface area contributed by atoms with Gasteiger partial charge in [-0.05, 0) is 22.0 Å². The number of thiazole rings is 1. The van der Waals surface area contributed by atoms with Gasteiger partial charge in [-0.2, -0.15) is 0 Å². The van der Waals surface area contributed by atoms with E-state index in [1.54, 1.807) is 22.7 Å². The van der Waals surface area contributed by atoms with Crippen LogP contribution in [0.1, 0.15) is 5.01 Å². The lowest BCUT2D eigenvalue weighted by Gasteiger charge is -1.86. The van der Waals surface area contributed by atoms with Crippen molar-refractivity contribution in [3.8, 4) is 10.6 Å². The third-order valence-corrected chi connectivity index (χ3v) is 4.46. The van der Waals surface area contributed by atoms with E-state index in [-0.39, 0.29) is 0 Å². The second-order valence-corrected chi connectivity index (χ2v) is 5.43. The maximum atomic E-state index is 5.67. The minimum atomic E-state index is 0.497. The molecule has 68 valence electrons. The molecule has 0 aromatic carbocycles. The van der Waals surface area contributed by atoms with Crippen LogP contribution < -0.4 is 0 Å². The number of hydrogen-bond acceptors (Lipinski definition) is 3. The van der Waals surface area contributed by atoms with Crippen molar-refractivity contribution in [2.75, 3.05) is 0 Å². The van der Waals surface area contributed by atoms with Crippen LogP contribution in [0, 0.1) is 0 Å². The molecule has 13 heavy (non-hydrogen) atoms. The number of rotatable bonds is 2. The highest BCUT2D eigenvalue weighted by atomic mass is 79.9. The Hall–Kier alpha value is 0.1000. The molecule has 0 aliphatic rings. The van der Waals surface area contributed by atoms with Crippen molar-refractivity contribution in [2.45, 2.75) is 5.88 Å². The van der Waals surface area contributed by atoms with Gasteiger partial charge in [0, 0.05) is 15.2 Å². The summed E-state index contributed by atoms with van der Waals surface area (Å²) in [6.45, 7) is 0. The molecule has 0 fully saturated rings. The van der Waals surface area contributed by atoms with E-state index in [1.165, 1.54) is 4.88 Å². The van der Waals surface area contributed by atoms with Crippen LogP contribution in [0.25, 0.3) is 10.6 Å². The molecular weight excluding hydrogens is 290 g/mol. The maximum absolute atomic E-state index is 5.67. The first-order valence-corrected chi connectivity index (χ1v) is 6.63. The lowest BCUT2D eigenvalue weighted by atomic mass is 10.4. The van der Waals surface area contributed by atoms with E-state index in [0.29, 0.717) is 5.88 Å². The molecule has 0 saturated heterocycles. The Kier molecular flexibility index (Phi) is 3.03. The average molecular weight is 295 g/mol. The molecule has 0 radical (unpaired) electrons. The molecule has 5 heteroatoms. The molecular formula is C8H5BrClNS2. The van der Waals surface area contributed by atoms with Gasteiger partial charge < -0.3 is 0 Å². The van der Waals surface area contributed by atoms with Crippen molar-refractivity contribution in [2.24, 2.45) is 0 Å². The maximum Gasteiger partial charge on any atom is 0.108 e. The van der Waals surface area contributed by atoms with Gasteiger partial charge in [0.2, 0.25) is 0 Å². The highest BCUT2D eigenvalue weighted by molar-refractivity contribution is 9.10. The van der Waals surface area contributed by atoms with Crippen LogP contribution >= 0.6 is 50.2 Å². The Labute approximate surface area is 97.5 Å². The van der Waals surface area contributed by atoms with Crippen molar-refractivity contribution in [1.29, 1.82) is 0 Å². The van der Waals surface area contributed by atoms with Crippen LogP contribution in [0.3, 0.4) is 0 Å². The molecule has 0 aliphatic carbocycles. The summed E-state index contributed by atoms with van der Waals surface area (Å²) in [6.07, 6.45) is 0. The van der Waals surface area contributed by atoms with Crippen LogP contribution in [-0.4, -0.2) is 4.98 Å². The van der Waals surface area contributed by atoms with Gasteiger partial charge in [-0.3, -0.25) is 0 Å². The van der Waals surface area contributed by atoms with Crippen LogP contribution in [0.2, 0.25) is 0 Å². The fraction of sp³-hybridized carbons (Fsp3) is 0.125. The van der Waals surface area contributed by atoms with Gasteiger partial charge in [-0.15, -0.1) is 34.3 Å². The summed E-state index contributed by atoms with van der Waals surface area (Å²) in [4.78, 5) is 5.57. The number of hydrogen-bond donors (Lipinski definition) is 0. The zero-order chi connectivity index (χ0) is 9.26. The third kappa shape index (κ3) is 2.13. The molecule has 0 spiro atoms. The van der Waals surface area contributed by atoms with E-state index in [0.717, 1.165) is 15.2 Å². The van der Waals surface area contributed by atoms with Crippen LogP contribution in [-0.2, 0) is 5.88 Å². The molecule has 1 nitrogen and oxygen atoms in total. The van der Waals surface area contributed by atoms with Gasteiger partial charge in [0.15, 0.2) is 0 Å². The van der Waals surface area contributed by atoms with E-state index >= 15 is 0 Å². The van der Waals surface area contributed by atoms with E-state index in [4.69, 9.17) is 11.6 Å². The van der Waals surface area contributed by atoms with Crippen molar-refractivity contribution in [3.05, 3.63) is 26.3 Å². The SMILES string of the molecule is ClCc1nc(-c2cc(Br)cs2)cs1. The van der Waals surface area contributed by atoms with Gasteiger partial charge in [0.05, 0.1) is 16.5 Å². The van der Waals surface area contributed by atoms with E-state index in [1.807, 2.05) is 5.38 Å². The molecule has 0 bridgehead atoms. The summed E-state index contributed by atoms with van der Waals surface area (Å²) in [6, 6.07) is 2.07. The molecule has 0 aliphatic heterocycles. The van der Waals surface area contributed by atoms with Crippen molar-refractivity contribution >= 4 is 50.2 Å². The third-order valence-electron chi connectivity index (χ3n) is 1.49. The normalized spacial score (nSPS) is 10.6. The van der Waals surface area contributed by atoms with Crippen LogP contribution in [0.4, 0.5) is 0 Å². The summed E-state index contributed by atoms with van der Waals surface area (Å²) >= 11 is 12.4. The van der Waals surface area contributed by atoms with Crippen LogP contribution in [0.15, 0.2) is 21.3 Å². The van der Waals surface area contributed by atoms with E-state index < -0.39 is 0 Å². The Bertz CT molecular complexity index is 410. The average Bonchev–Trinajstić information content (AvgIpc) is 2.71. The second-order valence-electron chi connectivity index (χ2n) is 2.39. The first-order valence-electron chi connectivity index (χ1n) is 3.54. The monoisotopic (exact) mass is 293 g/mol. The Morgan fingerprint density at radius 3 is 2.77 bits per heavy atom. The number of alkyl halides is 1. The molecule has 2 heterocycles. The minimum Gasteiger partial charge on any atom is -0.239 e. The predicted molar refractivity (Wildman–Crippen MR) is 62.7 cm³/mol. The minimum absolute atomic E-state index is 0.497. The number of aromatic nitrogens is 1. The van der Waals surface area contributed by atoms with E-state index in [9.17, 15) is 0 Å². The first kappa shape index (κ1) is 9.65. The van der Waals surface area contributed by atoms with E-state index in [2.05, 4.69) is 32.4 Å². The lowest BCUT2D eigenvalue weighted by Crippen LogP contribution is -1.74. The van der Waals surface area contributed by atoms with Crippen molar-refractivity contribution in [3.63, 3.8) is 0 Å². The molecule has 2 aromatic rings. The zero-order valence-corrected chi connectivity index (χ0v) is 10.4. The molecule has 0 saturated carbocycles. The zero-order valence-electron chi connectivity index (χ0n) is 6.46. The van der Waals surface area contributed by atoms with Gasteiger partial charge in [-0.25, -0.2) is 4.98 Å². The molecule has 0 amide bonds. The summed E-state index contributed by atoms with van der Waals surface area (Å²) in [5.74, 6) is 0.497. The molecule has 0 atom stereocenters. The second kappa shape index (κ2) is 4.09. The molecule has 0 N–H and O–H groups in total. The molecule has 2 rings (SSSR count). The number of thiophene rings is 1. The molecule has 2 aromatic heterocycles. The van der Waals surface area contributed by atoms with Crippen LogP contribution in [0.5, 0.6) is 0 Å². The summed E-state index contributed by atoms with van der Waals surface area (Å²) in [5.41, 5.74) is 1.02. The molecule has 0 unspecified atom stereocenters. The quantitative estimate of drug-likeness (QED) is 0.749. The van der Waals surface area contributed by atoms with Crippen molar-refractivity contribution in [1.82, 2.24) is 4.98 Å². The fourth-order valence-corrected chi connectivity index (χ4v) is 3.29. The highest BCUT2D eigenvalue weighted by Crippen LogP contribution is 2.30. The van der Waals surface area contributed by atoms with Gasteiger partial charge >= 0.3 is 0 Å². The highest BCUT2D eigenvalue weighted by Gasteiger charge is 2.05. The standard InChI is InChI=1S/C8H5BrClNS2/c9-5-1-7(12-3-5)6-4-13-8(2-10)11-6/h1,3-4H,2H2. The Morgan fingerprint density at radius 2 is 2.23 bits per heavy atom. The van der Waals surface area contributed by atoms with Gasteiger partial charge in [0.1, 0.15) is 5.01 Å². The van der Waals surface area contributed by atoms with Crippen molar-refractivity contribution < 1.29 is 0 Å². The van der Waals surface area contributed by atoms with Gasteiger partial charge in [0.25, 0.3) is 0 Å². The Balaban J connectivity index is 2.35. The predicted octanol–water partition coefficient (Wildman–Crippen LogP) is 4.37. The fourth-order valence-electron chi connectivity index (χ4n) is 0.933. The topological polar surface area (TPSA) is 12.9 Å². The smallest absolute Gasteiger partial charge is 0.108 e. The largest absolute Gasteiger partial charge is 0.239 e. The summed E-state index contributed by atoms with van der Waals surface area (Å²) in [7, 11) is 0. The number of nitrogens with zero attached hydrogens (tertiary/aromatic N) is 1. The first-order chi connectivity index (χ1) is 6.29. The van der Waals surface area contributed by atoms with Gasteiger partial charge in [-0.1, -0.05) is 0 Å².